The fraction of sp³-hybridized carbons (Fsp3) is 0.938. The average molecular weight is 363 g/mol. The van der Waals surface area contributed by atoms with Crippen LogP contribution in [0.5, 0.6) is 0 Å². The van der Waals surface area contributed by atoms with Gasteiger partial charge in [-0.05, 0) is 32.0 Å². The van der Waals surface area contributed by atoms with E-state index in [-0.39, 0.29) is 36.4 Å². The second-order valence-corrected chi connectivity index (χ2v) is 13.6. The van der Waals surface area contributed by atoms with Crippen molar-refractivity contribution in [1.29, 1.82) is 5.26 Å². The summed E-state index contributed by atoms with van der Waals surface area (Å²) in [6, 6.07) is 2.06. The Morgan fingerprint density at radius 2 is 1.96 bits per heavy atom. The number of hydrogen-bond donors (Lipinski definition) is 0. The molecule has 1 aliphatic rings. The molecule has 0 radical (unpaired) electrons. The van der Waals surface area contributed by atoms with Crippen molar-refractivity contribution in [1.82, 2.24) is 0 Å². The lowest BCUT2D eigenvalue weighted by molar-refractivity contribution is 0.0309. The first-order valence-electron chi connectivity index (χ1n) is 8.77. The highest BCUT2D eigenvalue weighted by Crippen LogP contribution is 2.44. The van der Waals surface area contributed by atoms with Gasteiger partial charge in [0.1, 0.15) is 12.2 Å². The van der Waals surface area contributed by atoms with Crippen LogP contribution in [0.3, 0.4) is 0 Å². The van der Waals surface area contributed by atoms with Gasteiger partial charge in [0.2, 0.25) is 0 Å². The highest BCUT2D eigenvalue weighted by Gasteiger charge is 2.48. The minimum atomic E-state index is -1.98. The van der Waals surface area contributed by atoms with Gasteiger partial charge < -0.3 is 18.2 Å². The number of nitrogens with zero attached hydrogens (tertiary/aromatic N) is 1. The van der Waals surface area contributed by atoms with Gasteiger partial charge in [0, 0.05) is 8.04 Å². The summed E-state index contributed by atoms with van der Waals surface area (Å²) in [6.45, 7) is 15.4. The summed E-state index contributed by atoms with van der Waals surface area (Å²) in [5.41, 5.74) is 0. The fourth-order valence-corrected chi connectivity index (χ4v) is 4.51. The molecule has 0 amide bonds. The van der Waals surface area contributed by atoms with Gasteiger partial charge in [-0.1, -0.05) is 20.8 Å². The molecule has 0 saturated carbocycles. The largest absolute Gasteiger partial charge is 0.409 e. The predicted molar refractivity (Wildman–Crippen MR) is 96.0 cm³/mol. The van der Waals surface area contributed by atoms with Crippen LogP contribution in [0.4, 0.5) is 0 Å². The Kier molecular flexibility index (Phi) is 7.03. The van der Waals surface area contributed by atoms with Crippen LogP contribution in [-0.4, -0.2) is 46.0 Å². The van der Waals surface area contributed by atoms with E-state index in [4.69, 9.17) is 24.8 Å². The summed E-state index contributed by atoms with van der Waals surface area (Å²) < 4.78 is 31.9. The molecule has 134 valence electrons. The lowest BCUT2D eigenvalue weighted by atomic mass is 10.1. The smallest absolute Gasteiger partial charge is 0.192 e. The SMILES string of the molecule is [2H]C[C@H]1O[C@@H](C)[C@@H](O[Si](C)(C)C(C)(C)C)C1OP(C)OCCC#N. The van der Waals surface area contributed by atoms with E-state index in [2.05, 4.69) is 39.9 Å². The number of ether oxygens (including phenoxy) is 1. The number of rotatable bonds is 7. The first-order valence-corrected chi connectivity index (χ1v) is 12.6. The van der Waals surface area contributed by atoms with E-state index < -0.39 is 16.7 Å². The fourth-order valence-electron chi connectivity index (χ4n) is 2.14. The summed E-state index contributed by atoms with van der Waals surface area (Å²) in [5, 5.41) is 8.69. The van der Waals surface area contributed by atoms with Gasteiger partial charge in [0.25, 0.3) is 0 Å². The van der Waals surface area contributed by atoms with E-state index in [1.165, 1.54) is 0 Å². The second kappa shape index (κ2) is 8.38. The third-order valence-electron chi connectivity index (χ3n) is 4.54. The quantitative estimate of drug-likeness (QED) is 0.381. The Labute approximate surface area is 145 Å². The van der Waals surface area contributed by atoms with Gasteiger partial charge in [0.05, 0.1) is 31.3 Å². The first kappa shape index (κ1) is 19.3. The molecule has 0 aromatic rings. The van der Waals surface area contributed by atoms with Crippen LogP contribution in [0.2, 0.25) is 18.1 Å². The highest BCUT2D eigenvalue weighted by atomic mass is 31.2. The molecule has 1 fully saturated rings. The Morgan fingerprint density at radius 3 is 2.48 bits per heavy atom. The molecule has 0 aliphatic carbocycles. The molecular weight excluding hydrogens is 329 g/mol. The average Bonchev–Trinajstić information content (AvgIpc) is 2.74. The van der Waals surface area contributed by atoms with Gasteiger partial charge in [0.15, 0.2) is 16.7 Å². The molecule has 5 atom stereocenters. The molecule has 0 N–H and O–H groups in total. The summed E-state index contributed by atoms with van der Waals surface area (Å²) >= 11 is 0. The number of nitriles is 1. The molecule has 5 nitrogen and oxygen atoms in total. The molecule has 0 aromatic heterocycles. The molecule has 0 spiro atoms. The molecule has 1 rings (SSSR count). The van der Waals surface area contributed by atoms with E-state index >= 15 is 0 Å². The van der Waals surface area contributed by atoms with Gasteiger partial charge >= 0.3 is 0 Å². The van der Waals surface area contributed by atoms with Crippen molar-refractivity contribution in [3.63, 3.8) is 0 Å². The molecule has 1 heterocycles. The first-order chi connectivity index (χ1) is 11.0. The van der Waals surface area contributed by atoms with E-state index in [1.807, 2.05) is 13.6 Å². The molecule has 2 unspecified atom stereocenters. The molecule has 7 heteroatoms. The van der Waals surface area contributed by atoms with Crippen molar-refractivity contribution < 1.29 is 19.6 Å². The Hall–Kier alpha value is -0.0231. The number of hydrogen-bond acceptors (Lipinski definition) is 5. The van der Waals surface area contributed by atoms with Gasteiger partial charge in [-0.2, -0.15) is 5.26 Å². The zero-order valence-corrected chi connectivity index (χ0v) is 17.4. The Balaban J connectivity index is 2.81. The molecule has 0 bridgehead atoms. The molecular formula is C16H32NO4PSi. The molecule has 23 heavy (non-hydrogen) atoms. The van der Waals surface area contributed by atoms with Gasteiger partial charge in [-0.25, -0.2) is 0 Å². The third kappa shape index (κ3) is 5.77. The maximum atomic E-state index is 8.60. The Morgan fingerprint density at radius 1 is 1.30 bits per heavy atom. The van der Waals surface area contributed by atoms with Crippen LogP contribution in [-0.2, 0) is 18.2 Å². The summed E-state index contributed by atoms with van der Waals surface area (Å²) in [5.74, 6) is 0. The molecule has 0 aromatic carbocycles. The zero-order chi connectivity index (χ0) is 18.5. The molecule has 1 aliphatic heterocycles. The van der Waals surface area contributed by atoms with E-state index in [9.17, 15) is 0 Å². The van der Waals surface area contributed by atoms with Crippen molar-refractivity contribution in [3.8, 4) is 6.07 Å². The summed E-state index contributed by atoms with van der Waals surface area (Å²) in [4.78, 5) is 0. The van der Waals surface area contributed by atoms with Crippen LogP contribution in [0, 0.1) is 11.3 Å². The van der Waals surface area contributed by atoms with Crippen molar-refractivity contribution in [3.05, 3.63) is 0 Å². The minimum absolute atomic E-state index is 0.0938. The minimum Gasteiger partial charge on any atom is -0.409 e. The summed E-state index contributed by atoms with van der Waals surface area (Å²) in [6.07, 6.45) is -0.559. The van der Waals surface area contributed by atoms with Crippen molar-refractivity contribution in [2.45, 2.75) is 83.6 Å². The van der Waals surface area contributed by atoms with E-state index in [1.54, 1.807) is 0 Å². The van der Waals surface area contributed by atoms with E-state index in [0.29, 0.717) is 13.0 Å². The Bertz CT molecular complexity index is 441. The zero-order valence-electron chi connectivity index (χ0n) is 16.5. The standard InChI is InChI=1S/C16H32NO4PSi/c1-12-14(20-22(6)18-11-9-10-17)15(13(2)19-12)21-23(7,8)16(3,4)5/h12-15H,9,11H2,1-8H3/t12-,13+,14?,15-,22?/m1/s1/i1D. The van der Waals surface area contributed by atoms with Crippen LogP contribution >= 0.6 is 8.38 Å². The van der Waals surface area contributed by atoms with Crippen LogP contribution < -0.4 is 0 Å². The van der Waals surface area contributed by atoms with Crippen molar-refractivity contribution >= 4 is 16.7 Å². The predicted octanol–water partition coefficient (Wildman–Crippen LogP) is 4.44. The van der Waals surface area contributed by atoms with Gasteiger partial charge in [-0.3, -0.25) is 0 Å². The second-order valence-electron chi connectivity index (χ2n) is 7.47. The van der Waals surface area contributed by atoms with Crippen LogP contribution in [0.15, 0.2) is 0 Å². The molecule has 1 saturated heterocycles. The maximum Gasteiger partial charge on any atom is 0.192 e. The van der Waals surface area contributed by atoms with Crippen molar-refractivity contribution in [2.75, 3.05) is 13.3 Å². The monoisotopic (exact) mass is 362 g/mol. The topological polar surface area (TPSA) is 60.7 Å². The van der Waals surface area contributed by atoms with Crippen LogP contribution in [0.25, 0.3) is 0 Å². The van der Waals surface area contributed by atoms with E-state index in [0.717, 1.165) is 0 Å². The maximum absolute atomic E-state index is 8.60. The lowest BCUT2D eigenvalue weighted by Crippen LogP contribution is -2.49. The summed E-state index contributed by atoms with van der Waals surface area (Å²) in [7, 11) is -3.11. The third-order valence-corrected chi connectivity index (χ3v) is 10.1. The highest BCUT2D eigenvalue weighted by molar-refractivity contribution is 7.46. The van der Waals surface area contributed by atoms with Gasteiger partial charge in [-0.15, -0.1) is 0 Å². The van der Waals surface area contributed by atoms with Crippen molar-refractivity contribution in [2.24, 2.45) is 0 Å². The lowest BCUT2D eigenvalue weighted by Gasteiger charge is -2.40. The van der Waals surface area contributed by atoms with Crippen LogP contribution in [0.1, 0.15) is 42.4 Å². The normalized spacial score (nSPS) is 30.8.